The fourth-order valence-corrected chi connectivity index (χ4v) is 12.8. The monoisotopic (exact) mass is 862 g/mol. The van der Waals surface area contributed by atoms with Crippen LogP contribution in [-0.4, -0.2) is 25.2 Å². The van der Waals surface area contributed by atoms with E-state index in [9.17, 15) is 9.59 Å². The molecule has 0 amide bonds. The summed E-state index contributed by atoms with van der Waals surface area (Å²) >= 11 is 10.2. The van der Waals surface area contributed by atoms with Gasteiger partial charge in [0.25, 0.3) is 0 Å². The van der Waals surface area contributed by atoms with Crippen LogP contribution in [0, 0.1) is 0 Å². The van der Waals surface area contributed by atoms with E-state index in [1.165, 1.54) is 139 Å². The van der Waals surface area contributed by atoms with Crippen LogP contribution in [0.5, 0.6) is 0 Å². The molecule has 0 saturated heterocycles. The molecule has 6 aromatic rings. The van der Waals surface area contributed by atoms with Crippen LogP contribution in [0.1, 0.15) is 136 Å². The number of carbonyl (C=O) groups excluding carboxylic acids is 2. The minimum atomic E-state index is -0.208. The normalized spacial score (nSPS) is 11.4. The second kappa shape index (κ2) is 22.9. The highest BCUT2D eigenvalue weighted by atomic mass is 32.1. The lowest BCUT2D eigenvalue weighted by Crippen LogP contribution is -2.04. The van der Waals surface area contributed by atoms with Crippen LogP contribution in [0.4, 0.5) is 0 Å². The first-order chi connectivity index (χ1) is 27.5. The van der Waals surface area contributed by atoms with Gasteiger partial charge in [0.05, 0.1) is 13.2 Å². The molecule has 0 atom stereocenters. The molecule has 0 aliphatic heterocycles. The third-order valence-corrected chi connectivity index (χ3v) is 17.2. The molecule has 0 radical (unpaired) electrons. The SMILES string of the molecule is CCCCCCCCCCOC(=O)c1ccc(-c2ccc(-c3ccc(-c4ccc(-c5ccc(-c6ccc(C(=O)OCCCCCCCCCC)s6)s5)s4)s3)s2)s1. The van der Waals surface area contributed by atoms with E-state index in [-0.39, 0.29) is 11.9 Å². The van der Waals surface area contributed by atoms with Gasteiger partial charge in [0, 0.05) is 48.8 Å². The molecule has 10 heteroatoms. The Morgan fingerprint density at radius 3 is 0.857 bits per heavy atom. The summed E-state index contributed by atoms with van der Waals surface area (Å²) in [6.45, 7) is 5.49. The summed E-state index contributed by atoms with van der Waals surface area (Å²) in [6.07, 6.45) is 19.7. The van der Waals surface area contributed by atoms with E-state index in [1.54, 1.807) is 22.7 Å². The van der Waals surface area contributed by atoms with Gasteiger partial charge in [0.2, 0.25) is 0 Å². The maximum absolute atomic E-state index is 12.7. The first-order valence-electron chi connectivity index (χ1n) is 20.5. The fraction of sp³-hybridized carbons (Fsp3) is 0.435. The maximum atomic E-state index is 12.7. The first-order valence-corrected chi connectivity index (χ1v) is 25.4. The van der Waals surface area contributed by atoms with E-state index in [0.717, 1.165) is 35.4 Å². The quantitative estimate of drug-likeness (QED) is 0.0425. The lowest BCUT2D eigenvalue weighted by atomic mass is 10.1. The van der Waals surface area contributed by atoms with Gasteiger partial charge in [-0.15, -0.1) is 68.0 Å². The zero-order chi connectivity index (χ0) is 39.0. The number of hydrogen-bond acceptors (Lipinski definition) is 10. The third-order valence-electron chi connectivity index (χ3n) is 9.71. The highest BCUT2D eigenvalue weighted by molar-refractivity contribution is 7.30. The molecule has 6 heterocycles. The Morgan fingerprint density at radius 1 is 0.339 bits per heavy atom. The minimum absolute atomic E-state index is 0.208. The number of hydrogen-bond donors (Lipinski definition) is 0. The molecule has 4 nitrogen and oxygen atoms in total. The van der Waals surface area contributed by atoms with Gasteiger partial charge in [0.1, 0.15) is 9.75 Å². The van der Waals surface area contributed by atoms with Crippen LogP contribution in [0.3, 0.4) is 0 Å². The molecule has 56 heavy (non-hydrogen) atoms. The number of rotatable bonds is 25. The number of ether oxygens (including phenoxy) is 2. The van der Waals surface area contributed by atoms with Crippen molar-refractivity contribution in [2.24, 2.45) is 0 Å². The van der Waals surface area contributed by atoms with E-state index in [2.05, 4.69) is 62.4 Å². The van der Waals surface area contributed by atoms with E-state index >= 15 is 0 Å². The van der Waals surface area contributed by atoms with Crippen LogP contribution in [0.25, 0.3) is 48.8 Å². The second-order valence-electron chi connectivity index (χ2n) is 14.2. The van der Waals surface area contributed by atoms with Gasteiger partial charge in [-0.05, 0) is 85.6 Å². The summed E-state index contributed by atoms with van der Waals surface area (Å²) in [5.41, 5.74) is 0. The van der Waals surface area contributed by atoms with Crippen LogP contribution in [-0.2, 0) is 9.47 Å². The lowest BCUT2D eigenvalue weighted by Gasteiger charge is -2.03. The fourth-order valence-electron chi connectivity index (χ4n) is 6.51. The topological polar surface area (TPSA) is 52.6 Å². The Balaban J connectivity index is 0.961. The highest BCUT2D eigenvalue weighted by Crippen LogP contribution is 2.46. The molecule has 0 aliphatic carbocycles. The second-order valence-corrected chi connectivity index (χ2v) is 20.7. The average molecular weight is 863 g/mol. The van der Waals surface area contributed by atoms with Crippen molar-refractivity contribution in [3.63, 3.8) is 0 Å². The minimum Gasteiger partial charge on any atom is -0.462 e. The molecule has 0 unspecified atom stereocenters. The molecule has 0 N–H and O–H groups in total. The summed E-state index contributed by atoms with van der Waals surface area (Å²) in [6, 6.07) is 25.5. The molecule has 6 rings (SSSR count). The van der Waals surface area contributed by atoms with Gasteiger partial charge in [-0.2, -0.15) is 0 Å². The largest absolute Gasteiger partial charge is 0.462 e. The number of esters is 2. The van der Waals surface area contributed by atoms with Crippen molar-refractivity contribution >= 4 is 80.0 Å². The van der Waals surface area contributed by atoms with Crippen molar-refractivity contribution in [2.45, 2.75) is 117 Å². The zero-order valence-corrected chi connectivity index (χ0v) is 37.6. The van der Waals surface area contributed by atoms with Crippen LogP contribution in [0.15, 0.2) is 72.8 Å². The molecule has 6 aromatic heterocycles. The Bertz CT molecular complexity index is 1920. The van der Waals surface area contributed by atoms with Crippen molar-refractivity contribution in [2.75, 3.05) is 13.2 Å². The molecular weight excluding hydrogens is 809 g/mol. The molecule has 0 saturated carbocycles. The Kier molecular flexibility index (Phi) is 17.5. The summed E-state index contributed by atoms with van der Waals surface area (Å²) in [7, 11) is 0. The third kappa shape index (κ3) is 12.6. The molecule has 0 spiro atoms. The van der Waals surface area contributed by atoms with E-state index in [0.29, 0.717) is 23.0 Å². The molecule has 0 aliphatic rings. The van der Waals surface area contributed by atoms with Crippen LogP contribution >= 0.6 is 68.0 Å². The molecule has 0 aromatic carbocycles. The van der Waals surface area contributed by atoms with Gasteiger partial charge < -0.3 is 9.47 Å². The summed E-state index contributed by atoms with van der Waals surface area (Å²) in [4.78, 5) is 38.7. The predicted octanol–water partition coefficient (Wildman–Crippen LogP) is 17.0. The summed E-state index contributed by atoms with van der Waals surface area (Å²) in [5, 5.41) is 0. The van der Waals surface area contributed by atoms with Crippen LogP contribution in [0.2, 0.25) is 0 Å². The Hall–Kier alpha value is -2.86. The number of thiophene rings is 6. The number of carbonyl (C=O) groups is 2. The summed E-state index contributed by atoms with van der Waals surface area (Å²) < 4.78 is 11.2. The molecule has 0 fully saturated rings. The van der Waals surface area contributed by atoms with Gasteiger partial charge in [-0.3, -0.25) is 0 Å². The van der Waals surface area contributed by atoms with Crippen molar-refractivity contribution in [3.8, 4) is 48.8 Å². The Labute approximate surface area is 357 Å². The average Bonchev–Trinajstić information content (AvgIpc) is 4.06. The van der Waals surface area contributed by atoms with Gasteiger partial charge in [0.15, 0.2) is 0 Å². The zero-order valence-electron chi connectivity index (χ0n) is 32.7. The number of unbranched alkanes of at least 4 members (excludes halogenated alkanes) is 14. The standard InChI is InChI=1S/C46H54O4S6/c1-3-5-7-9-11-13-15-17-31-49-45(47)43-29-27-41(55-43)39-25-23-37(53-39)35-21-19-33(51-35)34-20-22-36(52-34)38-24-26-40(54-38)42-28-30-44(56-42)46(48)50-32-18-16-14-12-10-8-6-4-2/h19-30H,3-18,31-32H2,1-2H3. The van der Waals surface area contributed by atoms with Gasteiger partial charge >= 0.3 is 11.9 Å². The van der Waals surface area contributed by atoms with Gasteiger partial charge in [-0.25, -0.2) is 9.59 Å². The first kappa shape index (κ1) is 42.7. The van der Waals surface area contributed by atoms with E-state index in [4.69, 9.17) is 9.47 Å². The van der Waals surface area contributed by atoms with Crippen molar-refractivity contribution < 1.29 is 19.1 Å². The smallest absolute Gasteiger partial charge is 0.348 e. The summed E-state index contributed by atoms with van der Waals surface area (Å²) in [5.74, 6) is -0.417. The molecular formula is C46H54O4S6. The highest BCUT2D eigenvalue weighted by Gasteiger charge is 2.17. The Morgan fingerprint density at radius 2 is 0.571 bits per heavy atom. The van der Waals surface area contributed by atoms with Crippen molar-refractivity contribution in [1.29, 1.82) is 0 Å². The van der Waals surface area contributed by atoms with E-state index in [1.807, 2.05) is 46.9 Å². The maximum Gasteiger partial charge on any atom is 0.348 e. The van der Waals surface area contributed by atoms with Crippen molar-refractivity contribution in [1.82, 2.24) is 0 Å². The van der Waals surface area contributed by atoms with Crippen molar-refractivity contribution in [3.05, 3.63) is 82.6 Å². The van der Waals surface area contributed by atoms with Crippen LogP contribution < -0.4 is 0 Å². The molecule has 0 bridgehead atoms. The molecule has 298 valence electrons. The van der Waals surface area contributed by atoms with E-state index < -0.39 is 0 Å². The van der Waals surface area contributed by atoms with Gasteiger partial charge in [-0.1, -0.05) is 104 Å². The predicted molar refractivity (Wildman–Crippen MR) is 247 cm³/mol. The lowest BCUT2D eigenvalue weighted by molar-refractivity contribution is 0.0494.